The third kappa shape index (κ3) is 2.39. The summed E-state index contributed by atoms with van der Waals surface area (Å²) in [7, 11) is -1.96. The van der Waals surface area contributed by atoms with Gasteiger partial charge in [-0.15, -0.1) is 11.3 Å². The van der Waals surface area contributed by atoms with Gasteiger partial charge in [-0.2, -0.15) is 0 Å². The molecule has 18 heavy (non-hydrogen) atoms. The molecule has 0 saturated carbocycles. The summed E-state index contributed by atoms with van der Waals surface area (Å²) in [5, 5.41) is 2.26. The molecule has 1 aromatic heterocycles. The van der Waals surface area contributed by atoms with E-state index in [1.54, 1.807) is 35.7 Å². The molecule has 0 unspecified atom stereocenters. The lowest BCUT2D eigenvalue weighted by atomic mass is 10.2. The number of anilines is 1. The maximum Gasteiger partial charge on any atom is 0.273 e. The predicted octanol–water partition coefficient (Wildman–Crippen LogP) is 3.54. The fraction of sp³-hybridized carbons (Fsp3) is 0.167. The first kappa shape index (κ1) is 13.4. The van der Waals surface area contributed by atoms with Gasteiger partial charge >= 0.3 is 0 Å². The molecular formula is C12H12ClNO2S2. The Morgan fingerprint density at radius 2 is 2.00 bits per heavy atom. The average Bonchev–Trinajstić information content (AvgIpc) is 2.85. The SMILES string of the molecule is Cc1ccc(Cl)cc1N(C)S(=O)(=O)c1cccs1. The van der Waals surface area contributed by atoms with Gasteiger partial charge in [0, 0.05) is 12.1 Å². The number of sulfonamides is 1. The number of nitrogens with zero attached hydrogens (tertiary/aromatic N) is 1. The van der Waals surface area contributed by atoms with Crippen LogP contribution in [0.25, 0.3) is 0 Å². The smallest absolute Gasteiger partial charge is 0.268 e. The topological polar surface area (TPSA) is 37.4 Å². The first-order valence-electron chi connectivity index (χ1n) is 5.21. The third-order valence-electron chi connectivity index (χ3n) is 2.62. The van der Waals surface area contributed by atoms with Gasteiger partial charge in [-0.25, -0.2) is 8.42 Å². The molecule has 0 aliphatic heterocycles. The van der Waals surface area contributed by atoms with Crippen molar-refractivity contribution in [2.45, 2.75) is 11.1 Å². The molecule has 0 radical (unpaired) electrons. The summed E-state index contributed by atoms with van der Waals surface area (Å²) >= 11 is 7.12. The van der Waals surface area contributed by atoms with Crippen LogP contribution in [0.3, 0.4) is 0 Å². The molecule has 0 spiro atoms. The van der Waals surface area contributed by atoms with Crippen LogP contribution in [0.2, 0.25) is 5.02 Å². The second-order valence-electron chi connectivity index (χ2n) is 3.84. The van der Waals surface area contributed by atoms with Crippen molar-refractivity contribution >= 4 is 38.6 Å². The van der Waals surface area contributed by atoms with E-state index in [1.165, 1.54) is 22.7 Å². The Hall–Kier alpha value is -1.04. The van der Waals surface area contributed by atoms with E-state index in [0.29, 0.717) is 14.9 Å². The first-order chi connectivity index (χ1) is 8.43. The number of halogens is 1. The van der Waals surface area contributed by atoms with Crippen LogP contribution >= 0.6 is 22.9 Å². The Kier molecular flexibility index (Phi) is 3.66. The molecule has 2 aromatic rings. The standard InChI is InChI=1S/C12H12ClNO2S2/c1-9-5-6-10(13)8-11(9)14(2)18(15,16)12-4-3-7-17-12/h3-8H,1-2H3. The van der Waals surface area contributed by atoms with Gasteiger partial charge in [0.25, 0.3) is 10.0 Å². The fourth-order valence-electron chi connectivity index (χ4n) is 1.60. The molecule has 0 bridgehead atoms. The molecule has 1 aromatic carbocycles. The normalized spacial score (nSPS) is 11.5. The summed E-state index contributed by atoms with van der Waals surface area (Å²) in [4.78, 5) is 0. The summed E-state index contributed by atoms with van der Waals surface area (Å²) in [6.45, 7) is 1.85. The summed E-state index contributed by atoms with van der Waals surface area (Å²) < 4.78 is 26.3. The number of hydrogen-bond acceptors (Lipinski definition) is 3. The third-order valence-corrected chi connectivity index (χ3v) is 6.00. The predicted molar refractivity (Wildman–Crippen MR) is 76.1 cm³/mol. The highest BCUT2D eigenvalue weighted by Gasteiger charge is 2.23. The molecule has 6 heteroatoms. The Labute approximate surface area is 116 Å². The van der Waals surface area contributed by atoms with Gasteiger partial charge in [0.05, 0.1) is 5.69 Å². The van der Waals surface area contributed by atoms with E-state index in [2.05, 4.69) is 0 Å². The largest absolute Gasteiger partial charge is 0.273 e. The molecule has 1 heterocycles. The quantitative estimate of drug-likeness (QED) is 0.869. The minimum atomic E-state index is -3.49. The number of thiophene rings is 1. The van der Waals surface area contributed by atoms with Crippen molar-refractivity contribution in [3.05, 3.63) is 46.3 Å². The van der Waals surface area contributed by atoms with Crippen LogP contribution in [0.1, 0.15) is 5.56 Å². The molecule has 3 nitrogen and oxygen atoms in total. The summed E-state index contributed by atoms with van der Waals surface area (Å²) in [6, 6.07) is 8.51. The number of rotatable bonds is 3. The van der Waals surface area contributed by atoms with E-state index in [4.69, 9.17) is 11.6 Å². The second kappa shape index (κ2) is 4.91. The van der Waals surface area contributed by atoms with E-state index in [0.717, 1.165) is 5.56 Å². The van der Waals surface area contributed by atoms with Gasteiger partial charge in [-0.1, -0.05) is 23.7 Å². The Balaban J connectivity index is 2.49. The monoisotopic (exact) mass is 301 g/mol. The molecule has 0 fully saturated rings. The zero-order valence-electron chi connectivity index (χ0n) is 9.92. The van der Waals surface area contributed by atoms with Crippen molar-refractivity contribution in [3.8, 4) is 0 Å². The highest BCUT2D eigenvalue weighted by Crippen LogP contribution is 2.29. The van der Waals surface area contributed by atoms with Gasteiger partial charge in [0.1, 0.15) is 4.21 Å². The molecule has 2 rings (SSSR count). The Morgan fingerprint density at radius 3 is 2.61 bits per heavy atom. The minimum absolute atomic E-state index is 0.323. The van der Waals surface area contributed by atoms with Gasteiger partial charge in [-0.05, 0) is 36.1 Å². The fourth-order valence-corrected chi connectivity index (χ4v) is 4.18. The second-order valence-corrected chi connectivity index (χ2v) is 7.42. The van der Waals surface area contributed by atoms with Crippen LogP contribution in [-0.2, 0) is 10.0 Å². The van der Waals surface area contributed by atoms with Crippen LogP contribution in [0.4, 0.5) is 5.69 Å². The lowest BCUT2D eigenvalue weighted by molar-refractivity contribution is 0.596. The number of hydrogen-bond donors (Lipinski definition) is 0. The maximum absolute atomic E-state index is 12.4. The molecule has 0 atom stereocenters. The van der Waals surface area contributed by atoms with Crippen LogP contribution in [0.5, 0.6) is 0 Å². The van der Waals surface area contributed by atoms with Gasteiger partial charge < -0.3 is 0 Å². The Bertz CT molecular complexity index is 651. The van der Waals surface area contributed by atoms with E-state index in [-0.39, 0.29) is 0 Å². The van der Waals surface area contributed by atoms with Crippen LogP contribution in [-0.4, -0.2) is 15.5 Å². The molecule has 0 aliphatic rings. The van der Waals surface area contributed by atoms with Crippen molar-refractivity contribution in [1.82, 2.24) is 0 Å². The average molecular weight is 302 g/mol. The zero-order chi connectivity index (χ0) is 13.3. The molecule has 96 valence electrons. The molecule has 0 saturated heterocycles. The van der Waals surface area contributed by atoms with Crippen molar-refractivity contribution in [3.63, 3.8) is 0 Å². The highest BCUT2D eigenvalue weighted by molar-refractivity contribution is 7.94. The highest BCUT2D eigenvalue weighted by atomic mass is 35.5. The Morgan fingerprint density at radius 1 is 1.28 bits per heavy atom. The molecule has 0 amide bonds. The minimum Gasteiger partial charge on any atom is -0.268 e. The molecule has 0 N–H and O–H groups in total. The van der Waals surface area contributed by atoms with Gasteiger partial charge in [0.2, 0.25) is 0 Å². The van der Waals surface area contributed by atoms with Crippen LogP contribution in [0.15, 0.2) is 39.9 Å². The maximum atomic E-state index is 12.4. The van der Waals surface area contributed by atoms with Crippen molar-refractivity contribution < 1.29 is 8.42 Å². The zero-order valence-corrected chi connectivity index (χ0v) is 12.3. The first-order valence-corrected chi connectivity index (χ1v) is 7.91. The van der Waals surface area contributed by atoms with Crippen molar-refractivity contribution in [2.24, 2.45) is 0 Å². The van der Waals surface area contributed by atoms with E-state index in [9.17, 15) is 8.42 Å². The van der Waals surface area contributed by atoms with Crippen LogP contribution < -0.4 is 4.31 Å². The van der Waals surface area contributed by atoms with E-state index >= 15 is 0 Å². The molecule has 0 aliphatic carbocycles. The van der Waals surface area contributed by atoms with Gasteiger partial charge in [0.15, 0.2) is 0 Å². The lowest BCUT2D eigenvalue weighted by Gasteiger charge is -2.20. The van der Waals surface area contributed by atoms with Crippen molar-refractivity contribution in [2.75, 3.05) is 11.4 Å². The van der Waals surface area contributed by atoms with E-state index in [1.807, 2.05) is 6.92 Å². The molecular weight excluding hydrogens is 290 g/mol. The summed E-state index contributed by atoms with van der Waals surface area (Å²) in [6.07, 6.45) is 0. The van der Waals surface area contributed by atoms with Crippen molar-refractivity contribution in [1.29, 1.82) is 0 Å². The van der Waals surface area contributed by atoms with E-state index < -0.39 is 10.0 Å². The summed E-state index contributed by atoms with van der Waals surface area (Å²) in [5.74, 6) is 0. The number of aryl methyl sites for hydroxylation is 1. The van der Waals surface area contributed by atoms with Crippen LogP contribution in [0, 0.1) is 6.92 Å². The van der Waals surface area contributed by atoms with Gasteiger partial charge in [-0.3, -0.25) is 4.31 Å². The number of benzene rings is 1. The lowest BCUT2D eigenvalue weighted by Crippen LogP contribution is -2.26. The summed E-state index contributed by atoms with van der Waals surface area (Å²) in [5.41, 5.74) is 1.46.